The Morgan fingerprint density at radius 2 is 1.50 bits per heavy atom. The molecule has 2 aromatic carbocycles. The lowest BCUT2D eigenvalue weighted by molar-refractivity contribution is 0.104. The average Bonchev–Trinajstić information content (AvgIpc) is 2.64. The van der Waals surface area contributed by atoms with E-state index in [9.17, 15) is 9.90 Å². The Bertz CT molecular complexity index is 993. The zero-order valence-corrected chi connectivity index (χ0v) is 20.6. The number of carbonyl (C=O) groups excluding carboxylic acids is 1. The number of allylic oxidation sites excluding steroid dienone is 3. The average molecular weight is 437 g/mol. The summed E-state index contributed by atoms with van der Waals surface area (Å²) in [5, 5.41) is 10.9. The molecule has 0 heterocycles. The summed E-state index contributed by atoms with van der Waals surface area (Å²) in [6.07, 6.45) is 5.71. The third-order valence-electron chi connectivity index (χ3n) is 4.37. The number of ketones is 1. The molecule has 0 bridgehead atoms. The van der Waals surface area contributed by atoms with Crippen LogP contribution in [0.2, 0.25) is 0 Å². The van der Waals surface area contributed by atoms with Gasteiger partial charge in [0, 0.05) is 5.56 Å². The van der Waals surface area contributed by atoms with Crippen LogP contribution in [0.5, 0.6) is 17.2 Å². The quantitative estimate of drug-likeness (QED) is 0.284. The molecule has 0 spiro atoms. The molecule has 0 amide bonds. The number of phenols is 1. The summed E-state index contributed by atoms with van der Waals surface area (Å²) in [6, 6.07) is 10.9. The molecular formula is C28H36O4. The van der Waals surface area contributed by atoms with Gasteiger partial charge in [-0.1, -0.05) is 29.9 Å². The molecule has 0 aliphatic rings. The molecule has 2 rings (SSSR count). The van der Waals surface area contributed by atoms with E-state index < -0.39 is 5.60 Å². The predicted molar refractivity (Wildman–Crippen MR) is 132 cm³/mol. The van der Waals surface area contributed by atoms with E-state index in [0.29, 0.717) is 17.7 Å². The maximum Gasteiger partial charge on any atom is 0.189 e. The third kappa shape index (κ3) is 7.92. The topological polar surface area (TPSA) is 55.8 Å². The fourth-order valence-corrected chi connectivity index (χ4v) is 3.01. The van der Waals surface area contributed by atoms with Crippen molar-refractivity contribution in [3.63, 3.8) is 0 Å². The van der Waals surface area contributed by atoms with Gasteiger partial charge < -0.3 is 14.6 Å². The first-order chi connectivity index (χ1) is 14.7. The van der Waals surface area contributed by atoms with Gasteiger partial charge >= 0.3 is 0 Å². The van der Waals surface area contributed by atoms with Crippen molar-refractivity contribution < 1.29 is 19.4 Å². The molecule has 32 heavy (non-hydrogen) atoms. The molecule has 0 fully saturated rings. The Kier molecular flexibility index (Phi) is 7.95. The second-order valence-corrected chi connectivity index (χ2v) is 10.1. The molecule has 0 aromatic heterocycles. The molecule has 0 unspecified atom stereocenters. The second kappa shape index (κ2) is 10.1. The minimum Gasteiger partial charge on any atom is -0.507 e. The number of carbonyl (C=O) groups is 1. The van der Waals surface area contributed by atoms with Crippen LogP contribution in [-0.2, 0) is 6.42 Å². The van der Waals surface area contributed by atoms with E-state index in [4.69, 9.17) is 9.47 Å². The molecule has 0 atom stereocenters. The maximum absolute atomic E-state index is 12.9. The Morgan fingerprint density at radius 1 is 0.906 bits per heavy atom. The molecular weight excluding hydrogens is 400 g/mol. The van der Waals surface area contributed by atoms with E-state index in [1.54, 1.807) is 18.2 Å². The summed E-state index contributed by atoms with van der Waals surface area (Å²) >= 11 is 0. The minimum atomic E-state index is -0.416. The van der Waals surface area contributed by atoms with Crippen LogP contribution in [0, 0.1) is 0 Å². The van der Waals surface area contributed by atoms with Gasteiger partial charge in [0.15, 0.2) is 5.78 Å². The highest BCUT2D eigenvalue weighted by atomic mass is 16.5. The summed E-state index contributed by atoms with van der Waals surface area (Å²) in [5.74, 6) is 1.06. The Labute approximate surface area is 192 Å². The molecule has 4 heteroatoms. The Morgan fingerprint density at radius 3 is 2.03 bits per heavy atom. The van der Waals surface area contributed by atoms with Gasteiger partial charge in [-0.3, -0.25) is 4.79 Å². The van der Waals surface area contributed by atoms with Crippen LogP contribution in [0.3, 0.4) is 0 Å². The lowest BCUT2D eigenvalue weighted by Crippen LogP contribution is -2.23. The first-order valence-corrected chi connectivity index (χ1v) is 10.9. The van der Waals surface area contributed by atoms with Crippen LogP contribution >= 0.6 is 0 Å². The van der Waals surface area contributed by atoms with Crippen LogP contribution < -0.4 is 9.47 Å². The number of aromatic hydroxyl groups is 1. The van der Waals surface area contributed by atoms with E-state index >= 15 is 0 Å². The molecule has 0 aliphatic carbocycles. The Balaban J connectivity index is 2.29. The first kappa shape index (κ1) is 25.3. The molecule has 172 valence electrons. The SMILES string of the molecule is CC(C)=CCc1c(OC(C)(C)C)ccc(C(=O)/C=C/c2ccc(OC(C)(C)C)cc2)c1O. The smallest absolute Gasteiger partial charge is 0.189 e. The summed E-state index contributed by atoms with van der Waals surface area (Å²) in [6.45, 7) is 15.8. The normalized spacial score (nSPS) is 12.0. The molecule has 4 nitrogen and oxygen atoms in total. The number of hydrogen-bond acceptors (Lipinski definition) is 4. The molecule has 2 aromatic rings. The predicted octanol–water partition coefficient (Wildman–Crippen LogP) is 7.15. The zero-order chi connectivity index (χ0) is 24.1. The van der Waals surface area contributed by atoms with Gasteiger partial charge in [0.1, 0.15) is 28.5 Å². The molecule has 0 aliphatic heterocycles. The highest BCUT2D eigenvalue weighted by molar-refractivity contribution is 6.09. The lowest BCUT2D eigenvalue weighted by Gasteiger charge is -2.24. The van der Waals surface area contributed by atoms with Crippen LogP contribution in [-0.4, -0.2) is 22.1 Å². The fraction of sp³-hybridized carbons (Fsp3) is 0.393. The largest absolute Gasteiger partial charge is 0.507 e. The molecule has 0 radical (unpaired) electrons. The van der Waals surface area contributed by atoms with Crippen LogP contribution in [0.4, 0.5) is 0 Å². The summed E-state index contributed by atoms with van der Waals surface area (Å²) in [4.78, 5) is 12.9. The number of phenolic OH excluding ortho intramolecular Hbond substituents is 1. The molecule has 1 N–H and O–H groups in total. The van der Waals surface area contributed by atoms with Crippen molar-refractivity contribution in [3.05, 3.63) is 70.8 Å². The summed E-state index contributed by atoms with van der Waals surface area (Å²) in [7, 11) is 0. The van der Waals surface area contributed by atoms with Crippen LogP contribution in [0.15, 0.2) is 54.1 Å². The van der Waals surface area contributed by atoms with Crippen molar-refractivity contribution in [1.29, 1.82) is 0 Å². The first-order valence-electron chi connectivity index (χ1n) is 10.9. The molecule has 0 saturated heterocycles. The van der Waals surface area contributed by atoms with Crippen LogP contribution in [0.25, 0.3) is 6.08 Å². The standard InChI is InChI=1S/C28H36O4/c1-19(2)9-15-23-25(32-28(6,7)8)18-16-22(26(23)30)24(29)17-12-20-10-13-21(14-11-20)31-27(3,4)5/h9-14,16-18,30H,15H2,1-8H3/b17-12+. The van der Waals surface area contributed by atoms with Crippen molar-refractivity contribution >= 4 is 11.9 Å². The van der Waals surface area contributed by atoms with Crippen molar-refractivity contribution in [3.8, 4) is 17.2 Å². The van der Waals surface area contributed by atoms with E-state index in [-0.39, 0.29) is 22.7 Å². The van der Waals surface area contributed by atoms with Gasteiger partial charge in [-0.2, -0.15) is 0 Å². The van der Waals surface area contributed by atoms with Gasteiger partial charge in [0.2, 0.25) is 0 Å². The maximum atomic E-state index is 12.9. The van der Waals surface area contributed by atoms with E-state index in [1.165, 1.54) is 6.08 Å². The van der Waals surface area contributed by atoms with Crippen molar-refractivity contribution in [2.75, 3.05) is 0 Å². The number of ether oxygens (including phenoxy) is 2. The number of benzene rings is 2. The summed E-state index contributed by atoms with van der Waals surface area (Å²) in [5.41, 5.74) is 2.19. The van der Waals surface area contributed by atoms with E-state index in [2.05, 4.69) is 0 Å². The fourth-order valence-electron chi connectivity index (χ4n) is 3.01. The minimum absolute atomic E-state index is 0.0344. The van der Waals surface area contributed by atoms with Crippen molar-refractivity contribution in [2.45, 2.75) is 73.0 Å². The Hall–Kier alpha value is -3.01. The van der Waals surface area contributed by atoms with E-state index in [1.807, 2.05) is 85.7 Å². The highest BCUT2D eigenvalue weighted by Gasteiger charge is 2.20. The van der Waals surface area contributed by atoms with Gasteiger partial charge in [-0.05, 0) is 97.7 Å². The molecule has 0 saturated carbocycles. The number of rotatable bonds is 7. The van der Waals surface area contributed by atoms with Gasteiger partial charge in [0.25, 0.3) is 0 Å². The van der Waals surface area contributed by atoms with E-state index in [0.717, 1.165) is 16.9 Å². The van der Waals surface area contributed by atoms with Crippen molar-refractivity contribution in [1.82, 2.24) is 0 Å². The summed E-state index contributed by atoms with van der Waals surface area (Å²) < 4.78 is 11.9. The second-order valence-electron chi connectivity index (χ2n) is 10.1. The van der Waals surface area contributed by atoms with Gasteiger partial charge in [-0.15, -0.1) is 0 Å². The highest BCUT2D eigenvalue weighted by Crippen LogP contribution is 2.35. The van der Waals surface area contributed by atoms with Gasteiger partial charge in [0.05, 0.1) is 5.56 Å². The third-order valence-corrected chi connectivity index (χ3v) is 4.37. The van der Waals surface area contributed by atoms with Crippen molar-refractivity contribution in [2.24, 2.45) is 0 Å². The lowest BCUT2D eigenvalue weighted by atomic mass is 10.00. The number of hydrogen-bond donors (Lipinski definition) is 1. The monoisotopic (exact) mass is 436 g/mol. The van der Waals surface area contributed by atoms with Crippen LogP contribution in [0.1, 0.15) is 76.9 Å². The van der Waals surface area contributed by atoms with Gasteiger partial charge in [-0.25, -0.2) is 0 Å². The zero-order valence-electron chi connectivity index (χ0n) is 20.6.